The number of hydrogen-bond donors (Lipinski definition) is 0. The first-order valence-electron chi connectivity index (χ1n) is 4.99. The molecule has 8 heteroatoms. The Balaban J connectivity index is 2.28. The van der Waals surface area contributed by atoms with Gasteiger partial charge in [-0.1, -0.05) is 0 Å². The van der Waals surface area contributed by atoms with Crippen molar-refractivity contribution in [2.75, 3.05) is 14.1 Å². The molecule has 90 valence electrons. The van der Waals surface area contributed by atoms with Crippen LogP contribution in [0.15, 0.2) is 18.5 Å². The van der Waals surface area contributed by atoms with Crippen LogP contribution in [0.2, 0.25) is 0 Å². The van der Waals surface area contributed by atoms with Crippen LogP contribution in [0.5, 0.6) is 0 Å². The fourth-order valence-electron chi connectivity index (χ4n) is 1.22. The first-order valence-corrected chi connectivity index (χ1v) is 4.99. The van der Waals surface area contributed by atoms with Gasteiger partial charge in [0, 0.05) is 14.1 Å². The third-order valence-corrected chi connectivity index (χ3v) is 2.10. The Morgan fingerprint density at radius 1 is 1.39 bits per heavy atom. The molecule has 0 saturated carbocycles. The summed E-state index contributed by atoms with van der Waals surface area (Å²) < 4.78 is 1.31. The van der Waals surface area contributed by atoms with Crippen LogP contribution < -0.4 is 0 Å². The zero-order valence-electron chi connectivity index (χ0n) is 9.77. The molecule has 0 radical (unpaired) electrons. The predicted molar refractivity (Wildman–Crippen MR) is 59.7 cm³/mol. The molecule has 0 aliphatic carbocycles. The highest BCUT2D eigenvalue weighted by Crippen LogP contribution is 2.03. The van der Waals surface area contributed by atoms with Gasteiger partial charge < -0.3 is 4.90 Å². The molecule has 2 rings (SSSR count). The standard InChI is InChI=1S/C10H9N7O/c1-16(2)10(18)7-3-4-9(14-13-7)17-6-12-8(5-11)15-17/h3-4,6H,1-2H3. The highest BCUT2D eigenvalue weighted by atomic mass is 16.2. The molecule has 0 N–H and O–H groups in total. The van der Waals surface area contributed by atoms with Gasteiger partial charge in [-0.3, -0.25) is 4.79 Å². The van der Waals surface area contributed by atoms with E-state index in [1.54, 1.807) is 26.2 Å². The van der Waals surface area contributed by atoms with Crippen LogP contribution in [-0.4, -0.2) is 49.9 Å². The van der Waals surface area contributed by atoms with Crippen molar-refractivity contribution in [3.05, 3.63) is 30.0 Å². The van der Waals surface area contributed by atoms with Gasteiger partial charge in [-0.2, -0.15) is 9.94 Å². The first kappa shape index (κ1) is 11.7. The topological polar surface area (TPSA) is 101 Å². The third-order valence-electron chi connectivity index (χ3n) is 2.10. The van der Waals surface area contributed by atoms with E-state index in [1.807, 2.05) is 6.07 Å². The number of nitriles is 1. The van der Waals surface area contributed by atoms with Crippen molar-refractivity contribution in [2.45, 2.75) is 0 Å². The lowest BCUT2D eigenvalue weighted by Gasteiger charge is -2.08. The molecule has 0 aliphatic heterocycles. The Kier molecular flexibility index (Phi) is 2.97. The molecule has 0 unspecified atom stereocenters. The minimum absolute atomic E-state index is 0.0465. The quantitative estimate of drug-likeness (QED) is 0.713. The van der Waals surface area contributed by atoms with Crippen molar-refractivity contribution in [2.24, 2.45) is 0 Å². The predicted octanol–water partition coefficient (Wildman–Crippen LogP) is -0.369. The van der Waals surface area contributed by atoms with Crippen LogP contribution in [0.3, 0.4) is 0 Å². The molecule has 2 heterocycles. The lowest BCUT2D eigenvalue weighted by atomic mass is 10.3. The highest BCUT2D eigenvalue weighted by molar-refractivity contribution is 5.91. The van der Waals surface area contributed by atoms with E-state index in [0.717, 1.165) is 0 Å². The number of aromatic nitrogens is 5. The van der Waals surface area contributed by atoms with Gasteiger partial charge in [0.1, 0.15) is 12.4 Å². The molecule has 0 atom stereocenters. The highest BCUT2D eigenvalue weighted by Gasteiger charge is 2.11. The summed E-state index contributed by atoms with van der Waals surface area (Å²) >= 11 is 0. The summed E-state index contributed by atoms with van der Waals surface area (Å²) in [6.07, 6.45) is 1.36. The van der Waals surface area contributed by atoms with Crippen molar-refractivity contribution in [3.63, 3.8) is 0 Å². The molecule has 0 saturated heterocycles. The van der Waals surface area contributed by atoms with E-state index >= 15 is 0 Å². The Morgan fingerprint density at radius 3 is 2.67 bits per heavy atom. The minimum atomic E-state index is -0.231. The number of carbonyl (C=O) groups is 1. The Bertz CT molecular complexity index is 608. The van der Waals surface area contributed by atoms with E-state index in [2.05, 4.69) is 20.3 Å². The molecular formula is C10H9N7O. The summed E-state index contributed by atoms with van der Waals surface area (Å²) in [6.45, 7) is 0. The van der Waals surface area contributed by atoms with E-state index < -0.39 is 0 Å². The summed E-state index contributed by atoms with van der Waals surface area (Å²) in [5, 5.41) is 20.1. The first-order chi connectivity index (χ1) is 8.61. The monoisotopic (exact) mass is 243 g/mol. The van der Waals surface area contributed by atoms with Crippen molar-refractivity contribution in [1.82, 2.24) is 29.9 Å². The van der Waals surface area contributed by atoms with Crippen LogP contribution in [0, 0.1) is 11.3 Å². The van der Waals surface area contributed by atoms with E-state index in [-0.39, 0.29) is 17.4 Å². The Labute approximate surface area is 102 Å². The molecule has 2 aromatic rings. The summed E-state index contributed by atoms with van der Waals surface area (Å²) in [7, 11) is 3.27. The average molecular weight is 243 g/mol. The summed E-state index contributed by atoms with van der Waals surface area (Å²) in [5.41, 5.74) is 0.240. The molecule has 0 fully saturated rings. The second-order valence-electron chi connectivity index (χ2n) is 3.60. The maximum Gasteiger partial charge on any atom is 0.273 e. The van der Waals surface area contributed by atoms with Gasteiger partial charge in [-0.05, 0) is 12.1 Å². The second-order valence-corrected chi connectivity index (χ2v) is 3.60. The van der Waals surface area contributed by atoms with Gasteiger partial charge in [-0.15, -0.1) is 15.3 Å². The van der Waals surface area contributed by atoms with Gasteiger partial charge in [-0.25, -0.2) is 4.98 Å². The molecular weight excluding hydrogens is 234 g/mol. The smallest absolute Gasteiger partial charge is 0.273 e. The zero-order valence-corrected chi connectivity index (χ0v) is 9.77. The minimum Gasteiger partial charge on any atom is -0.343 e. The fourth-order valence-corrected chi connectivity index (χ4v) is 1.22. The maximum absolute atomic E-state index is 11.6. The van der Waals surface area contributed by atoms with Crippen molar-refractivity contribution in [3.8, 4) is 11.9 Å². The zero-order chi connectivity index (χ0) is 13.1. The summed E-state index contributed by atoms with van der Waals surface area (Å²) in [6, 6.07) is 4.93. The third kappa shape index (κ3) is 2.15. The van der Waals surface area contributed by atoms with Crippen molar-refractivity contribution in [1.29, 1.82) is 5.26 Å². The summed E-state index contributed by atoms with van der Waals surface area (Å²) in [5.74, 6) is 0.204. The maximum atomic E-state index is 11.6. The molecule has 2 aromatic heterocycles. The Hall–Kier alpha value is -2.82. The molecule has 18 heavy (non-hydrogen) atoms. The number of hydrogen-bond acceptors (Lipinski definition) is 6. The fraction of sp³-hybridized carbons (Fsp3) is 0.200. The Morgan fingerprint density at radius 2 is 2.17 bits per heavy atom. The average Bonchev–Trinajstić information content (AvgIpc) is 2.86. The van der Waals surface area contributed by atoms with Gasteiger partial charge in [0.05, 0.1) is 0 Å². The molecule has 0 aromatic carbocycles. The lowest BCUT2D eigenvalue weighted by molar-refractivity contribution is 0.0821. The number of carbonyl (C=O) groups excluding carboxylic acids is 1. The SMILES string of the molecule is CN(C)C(=O)c1ccc(-n2cnc(C#N)n2)nn1. The number of rotatable bonds is 2. The number of amides is 1. The molecule has 1 amide bonds. The van der Waals surface area contributed by atoms with Gasteiger partial charge in [0.2, 0.25) is 0 Å². The van der Waals surface area contributed by atoms with Gasteiger partial charge >= 0.3 is 0 Å². The van der Waals surface area contributed by atoms with Gasteiger partial charge in [0.25, 0.3) is 11.7 Å². The van der Waals surface area contributed by atoms with Gasteiger partial charge in [0.15, 0.2) is 11.5 Å². The molecule has 8 nitrogen and oxygen atoms in total. The lowest BCUT2D eigenvalue weighted by Crippen LogP contribution is -2.23. The van der Waals surface area contributed by atoms with E-state index in [4.69, 9.17) is 5.26 Å². The van der Waals surface area contributed by atoms with Crippen molar-refractivity contribution >= 4 is 5.91 Å². The largest absolute Gasteiger partial charge is 0.343 e. The summed E-state index contributed by atoms with van der Waals surface area (Å²) in [4.78, 5) is 16.7. The van der Waals surface area contributed by atoms with E-state index in [9.17, 15) is 4.79 Å². The van der Waals surface area contributed by atoms with Crippen LogP contribution >= 0.6 is 0 Å². The number of nitrogens with zero attached hydrogens (tertiary/aromatic N) is 7. The van der Waals surface area contributed by atoms with Crippen LogP contribution in [0.1, 0.15) is 16.3 Å². The normalized spacial score (nSPS) is 9.83. The van der Waals surface area contributed by atoms with Crippen LogP contribution in [0.4, 0.5) is 0 Å². The van der Waals surface area contributed by atoms with Crippen molar-refractivity contribution < 1.29 is 4.79 Å². The molecule has 0 spiro atoms. The molecule has 0 aliphatic rings. The van der Waals surface area contributed by atoms with Crippen LogP contribution in [-0.2, 0) is 0 Å². The second kappa shape index (κ2) is 4.58. The van der Waals surface area contributed by atoms with E-state index in [1.165, 1.54) is 15.9 Å². The molecule has 0 bridgehead atoms. The van der Waals surface area contributed by atoms with Crippen LogP contribution in [0.25, 0.3) is 5.82 Å². The van der Waals surface area contributed by atoms with E-state index in [0.29, 0.717) is 5.82 Å².